The van der Waals surface area contributed by atoms with Crippen molar-refractivity contribution in [2.75, 3.05) is 19.6 Å². The molecule has 1 aliphatic heterocycles. The molecule has 1 saturated carbocycles. The van der Waals surface area contributed by atoms with Gasteiger partial charge in [-0.25, -0.2) is 0 Å². The number of nitrogens with zero attached hydrogens (tertiary/aromatic N) is 1. The second-order valence-electron chi connectivity index (χ2n) is 6.20. The molecule has 1 saturated heterocycles. The molecule has 0 aromatic carbocycles. The van der Waals surface area contributed by atoms with Gasteiger partial charge in [0.2, 0.25) is 5.91 Å². The van der Waals surface area contributed by atoms with Crippen molar-refractivity contribution in [3.05, 3.63) is 0 Å². The van der Waals surface area contributed by atoms with E-state index in [0.29, 0.717) is 5.92 Å². The predicted octanol–water partition coefficient (Wildman–Crippen LogP) is 1.53. The molecule has 2 N–H and O–H groups in total. The first-order valence-electron chi connectivity index (χ1n) is 7.87. The molecule has 0 radical (unpaired) electrons. The Morgan fingerprint density at radius 2 is 1.95 bits per heavy atom. The summed E-state index contributed by atoms with van der Waals surface area (Å²) >= 11 is 0. The molecule has 110 valence electrons. The fraction of sp³-hybridized carbons (Fsp3) is 0.933. The lowest BCUT2D eigenvalue weighted by Gasteiger charge is -2.25. The van der Waals surface area contributed by atoms with Crippen molar-refractivity contribution in [2.24, 2.45) is 5.92 Å². The molecule has 19 heavy (non-hydrogen) atoms. The Balaban J connectivity index is 1.72. The van der Waals surface area contributed by atoms with Gasteiger partial charge in [0.05, 0.1) is 12.1 Å². The van der Waals surface area contributed by atoms with Gasteiger partial charge in [-0.05, 0) is 51.5 Å². The van der Waals surface area contributed by atoms with Crippen LogP contribution in [0.4, 0.5) is 0 Å². The number of aliphatic hydroxyl groups excluding tert-OH is 1. The summed E-state index contributed by atoms with van der Waals surface area (Å²) in [4.78, 5) is 14.4. The quantitative estimate of drug-likeness (QED) is 0.813. The maximum absolute atomic E-state index is 12.3. The van der Waals surface area contributed by atoms with Crippen molar-refractivity contribution < 1.29 is 9.90 Å². The molecule has 2 aliphatic rings. The van der Waals surface area contributed by atoms with Gasteiger partial charge in [0.15, 0.2) is 0 Å². The van der Waals surface area contributed by atoms with Gasteiger partial charge in [-0.3, -0.25) is 4.79 Å². The Bertz CT molecular complexity index is 288. The zero-order valence-corrected chi connectivity index (χ0v) is 12.1. The third kappa shape index (κ3) is 4.46. The summed E-state index contributed by atoms with van der Waals surface area (Å²) in [5.74, 6) is 0.787. The van der Waals surface area contributed by atoms with Gasteiger partial charge in [0.1, 0.15) is 0 Å². The molecule has 1 aliphatic carbocycles. The highest BCUT2D eigenvalue weighted by molar-refractivity contribution is 5.81. The minimum atomic E-state index is -0.122. The highest BCUT2D eigenvalue weighted by Crippen LogP contribution is 2.24. The molecular formula is C15H28N2O2. The molecule has 2 fully saturated rings. The molecule has 0 aromatic heterocycles. The van der Waals surface area contributed by atoms with Crippen LogP contribution in [0.1, 0.15) is 51.9 Å². The topological polar surface area (TPSA) is 52.6 Å². The minimum Gasteiger partial charge on any atom is -0.393 e. The Hall–Kier alpha value is -0.610. The van der Waals surface area contributed by atoms with Crippen molar-refractivity contribution in [3.63, 3.8) is 0 Å². The van der Waals surface area contributed by atoms with Crippen molar-refractivity contribution in [1.29, 1.82) is 0 Å². The van der Waals surface area contributed by atoms with Crippen LogP contribution in [0.15, 0.2) is 0 Å². The summed E-state index contributed by atoms with van der Waals surface area (Å²) in [6.07, 6.45) is 7.57. The van der Waals surface area contributed by atoms with Gasteiger partial charge in [-0.2, -0.15) is 0 Å². The van der Waals surface area contributed by atoms with E-state index in [9.17, 15) is 9.90 Å². The normalized spacial score (nSPS) is 30.1. The summed E-state index contributed by atoms with van der Waals surface area (Å²) < 4.78 is 0. The largest absolute Gasteiger partial charge is 0.393 e. The average molecular weight is 268 g/mol. The number of hydrogen-bond acceptors (Lipinski definition) is 3. The van der Waals surface area contributed by atoms with Crippen LogP contribution in [0.3, 0.4) is 0 Å². The van der Waals surface area contributed by atoms with E-state index in [1.807, 2.05) is 11.8 Å². The van der Waals surface area contributed by atoms with E-state index in [-0.39, 0.29) is 18.1 Å². The number of aliphatic hydroxyl groups is 1. The Labute approximate surface area is 116 Å². The lowest BCUT2D eigenvalue weighted by atomic mass is 10.1. The third-order valence-electron chi connectivity index (χ3n) is 4.51. The Kier molecular flexibility index (Phi) is 5.64. The molecule has 2 rings (SSSR count). The SMILES string of the molecule is CC(NCC1CCC(O)C1)C(=O)N1CCCCCC1. The lowest BCUT2D eigenvalue weighted by Crippen LogP contribution is -2.46. The van der Waals surface area contributed by atoms with E-state index in [1.165, 1.54) is 12.8 Å². The number of hydrogen-bond donors (Lipinski definition) is 2. The second-order valence-corrected chi connectivity index (χ2v) is 6.20. The van der Waals surface area contributed by atoms with Crippen molar-refractivity contribution in [2.45, 2.75) is 64.0 Å². The highest BCUT2D eigenvalue weighted by atomic mass is 16.3. The van der Waals surface area contributed by atoms with Crippen LogP contribution in [0.5, 0.6) is 0 Å². The maximum atomic E-state index is 12.3. The van der Waals surface area contributed by atoms with Crippen LogP contribution in [-0.4, -0.2) is 47.7 Å². The number of carbonyl (C=O) groups excluding carboxylic acids is 1. The van der Waals surface area contributed by atoms with Crippen LogP contribution < -0.4 is 5.32 Å². The van der Waals surface area contributed by atoms with E-state index < -0.39 is 0 Å². The predicted molar refractivity (Wildman–Crippen MR) is 75.9 cm³/mol. The zero-order valence-electron chi connectivity index (χ0n) is 12.1. The third-order valence-corrected chi connectivity index (χ3v) is 4.51. The van der Waals surface area contributed by atoms with Crippen molar-refractivity contribution in [3.8, 4) is 0 Å². The van der Waals surface area contributed by atoms with Crippen LogP contribution in [-0.2, 0) is 4.79 Å². The standard InChI is InChI=1S/C15H28N2O2/c1-12(16-11-13-6-7-14(18)10-13)15(19)17-8-4-2-3-5-9-17/h12-14,16,18H,2-11H2,1H3. The molecule has 3 atom stereocenters. The molecular weight excluding hydrogens is 240 g/mol. The maximum Gasteiger partial charge on any atom is 0.239 e. The molecule has 0 spiro atoms. The van der Waals surface area contributed by atoms with E-state index >= 15 is 0 Å². The van der Waals surface area contributed by atoms with Crippen molar-refractivity contribution in [1.82, 2.24) is 10.2 Å². The van der Waals surface area contributed by atoms with Gasteiger partial charge < -0.3 is 15.3 Å². The smallest absolute Gasteiger partial charge is 0.239 e. The lowest BCUT2D eigenvalue weighted by molar-refractivity contribution is -0.133. The number of carbonyl (C=O) groups is 1. The minimum absolute atomic E-state index is 0.0872. The summed E-state index contributed by atoms with van der Waals surface area (Å²) in [5, 5.41) is 12.9. The first-order valence-corrected chi connectivity index (χ1v) is 7.87. The fourth-order valence-corrected chi connectivity index (χ4v) is 3.23. The first kappa shape index (κ1) is 14.8. The van der Waals surface area contributed by atoms with Crippen LogP contribution >= 0.6 is 0 Å². The summed E-state index contributed by atoms with van der Waals surface area (Å²) in [6.45, 7) is 4.68. The number of amides is 1. The van der Waals surface area contributed by atoms with E-state index in [1.54, 1.807) is 0 Å². The van der Waals surface area contributed by atoms with Crippen molar-refractivity contribution >= 4 is 5.91 Å². The Morgan fingerprint density at radius 3 is 2.53 bits per heavy atom. The highest BCUT2D eigenvalue weighted by Gasteiger charge is 2.25. The van der Waals surface area contributed by atoms with E-state index in [2.05, 4.69) is 5.32 Å². The average Bonchev–Trinajstić information content (AvgIpc) is 2.67. The number of likely N-dealkylation sites (tertiary alicyclic amines) is 1. The van der Waals surface area contributed by atoms with Crippen LogP contribution in [0, 0.1) is 5.92 Å². The van der Waals surface area contributed by atoms with Gasteiger partial charge >= 0.3 is 0 Å². The zero-order chi connectivity index (χ0) is 13.7. The first-order chi connectivity index (χ1) is 9.16. The molecule has 0 bridgehead atoms. The van der Waals surface area contributed by atoms with Gasteiger partial charge in [-0.1, -0.05) is 12.8 Å². The van der Waals surface area contributed by atoms with Gasteiger partial charge in [0.25, 0.3) is 0 Å². The van der Waals surface area contributed by atoms with E-state index in [0.717, 1.165) is 51.7 Å². The summed E-state index contributed by atoms with van der Waals surface area (Å²) in [5.41, 5.74) is 0. The molecule has 4 nitrogen and oxygen atoms in total. The molecule has 1 heterocycles. The van der Waals surface area contributed by atoms with E-state index in [4.69, 9.17) is 0 Å². The summed E-state index contributed by atoms with van der Waals surface area (Å²) in [6, 6.07) is -0.0872. The molecule has 3 unspecified atom stereocenters. The van der Waals surface area contributed by atoms with Gasteiger partial charge in [0, 0.05) is 13.1 Å². The molecule has 4 heteroatoms. The second kappa shape index (κ2) is 7.25. The van der Waals surface area contributed by atoms with Crippen LogP contribution in [0.2, 0.25) is 0 Å². The Morgan fingerprint density at radius 1 is 1.26 bits per heavy atom. The number of rotatable bonds is 4. The monoisotopic (exact) mass is 268 g/mol. The van der Waals surface area contributed by atoms with Crippen LogP contribution in [0.25, 0.3) is 0 Å². The fourth-order valence-electron chi connectivity index (χ4n) is 3.23. The summed E-state index contributed by atoms with van der Waals surface area (Å²) in [7, 11) is 0. The molecule has 1 amide bonds. The molecule has 0 aromatic rings. The number of nitrogens with one attached hydrogen (secondary N) is 1. The van der Waals surface area contributed by atoms with Gasteiger partial charge in [-0.15, -0.1) is 0 Å².